The lowest BCUT2D eigenvalue weighted by Crippen LogP contribution is -2.24. The minimum absolute atomic E-state index is 0.0443. The van der Waals surface area contributed by atoms with Gasteiger partial charge in [-0.1, -0.05) is 31.2 Å². The van der Waals surface area contributed by atoms with Gasteiger partial charge in [0.25, 0.3) is 0 Å². The van der Waals surface area contributed by atoms with Crippen LogP contribution in [0.5, 0.6) is 0 Å². The predicted molar refractivity (Wildman–Crippen MR) is 85.7 cm³/mol. The average Bonchev–Trinajstić information content (AvgIpc) is 2.96. The molecule has 0 bridgehead atoms. The monoisotopic (exact) mass is 315 g/mol. The second-order valence-electron chi connectivity index (χ2n) is 5.54. The van der Waals surface area contributed by atoms with Gasteiger partial charge < -0.3 is 9.84 Å². The third kappa shape index (κ3) is 3.05. The highest BCUT2D eigenvalue weighted by molar-refractivity contribution is 5.90. The van der Waals surface area contributed by atoms with Crippen LogP contribution in [0.25, 0.3) is 11.1 Å². The van der Waals surface area contributed by atoms with Gasteiger partial charge in [0.15, 0.2) is 0 Å². The minimum atomic E-state index is -0.434. The second kappa shape index (κ2) is 6.38. The Hall–Kier alpha value is -2.40. The van der Waals surface area contributed by atoms with Crippen LogP contribution in [-0.4, -0.2) is 23.8 Å². The Morgan fingerprint density at radius 2 is 2.00 bits per heavy atom. The van der Waals surface area contributed by atoms with E-state index in [2.05, 4.69) is 0 Å². The van der Waals surface area contributed by atoms with Crippen molar-refractivity contribution in [1.29, 1.82) is 0 Å². The van der Waals surface area contributed by atoms with Crippen molar-refractivity contribution in [2.24, 2.45) is 0 Å². The highest BCUT2D eigenvalue weighted by Gasteiger charge is 2.31. The van der Waals surface area contributed by atoms with Crippen LogP contribution in [0.1, 0.15) is 18.9 Å². The Labute approximate surface area is 134 Å². The van der Waals surface area contributed by atoms with Crippen molar-refractivity contribution in [2.75, 3.05) is 11.4 Å². The van der Waals surface area contributed by atoms with Crippen molar-refractivity contribution in [3.05, 3.63) is 53.8 Å². The van der Waals surface area contributed by atoms with Crippen molar-refractivity contribution in [3.63, 3.8) is 0 Å². The maximum atomic E-state index is 14.4. The van der Waals surface area contributed by atoms with Gasteiger partial charge in [0.05, 0.1) is 18.8 Å². The zero-order valence-corrected chi connectivity index (χ0v) is 12.8. The number of hydrogen-bond acceptors (Lipinski definition) is 3. The van der Waals surface area contributed by atoms with Crippen molar-refractivity contribution in [2.45, 2.75) is 26.1 Å². The van der Waals surface area contributed by atoms with E-state index in [1.165, 1.54) is 11.0 Å². The maximum Gasteiger partial charge on any atom is 0.414 e. The molecule has 1 atom stereocenters. The summed E-state index contributed by atoms with van der Waals surface area (Å²) in [6.45, 7) is 2.35. The van der Waals surface area contributed by atoms with Gasteiger partial charge in [0, 0.05) is 5.56 Å². The van der Waals surface area contributed by atoms with Crippen molar-refractivity contribution in [3.8, 4) is 11.1 Å². The van der Waals surface area contributed by atoms with E-state index in [4.69, 9.17) is 9.84 Å². The molecule has 23 heavy (non-hydrogen) atoms. The molecule has 1 aliphatic rings. The predicted octanol–water partition coefficient (Wildman–Crippen LogP) is 3.72. The Morgan fingerprint density at radius 3 is 2.57 bits per heavy atom. The number of rotatable bonds is 4. The largest absolute Gasteiger partial charge is 0.444 e. The topological polar surface area (TPSA) is 49.8 Å². The first-order valence-corrected chi connectivity index (χ1v) is 7.60. The molecule has 0 aromatic heterocycles. The minimum Gasteiger partial charge on any atom is -0.444 e. The molecule has 0 aliphatic carbocycles. The molecule has 1 amide bonds. The maximum absolute atomic E-state index is 14.4. The van der Waals surface area contributed by atoms with Crippen LogP contribution in [0, 0.1) is 5.82 Å². The molecule has 1 saturated heterocycles. The summed E-state index contributed by atoms with van der Waals surface area (Å²) in [6, 6.07) is 11.8. The first-order chi connectivity index (χ1) is 11.1. The lowest BCUT2D eigenvalue weighted by molar-refractivity contribution is 0.139. The summed E-state index contributed by atoms with van der Waals surface area (Å²) in [5, 5.41) is 9.05. The molecule has 1 unspecified atom stereocenters. The van der Waals surface area contributed by atoms with Gasteiger partial charge in [-0.2, -0.15) is 0 Å². The van der Waals surface area contributed by atoms with Gasteiger partial charge in [0.1, 0.15) is 11.9 Å². The molecular weight excluding hydrogens is 297 g/mol. The quantitative estimate of drug-likeness (QED) is 0.935. The summed E-state index contributed by atoms with van der Waals surface area (Å²) in [4.78, 5) is 13.3. The van der Waals surface area contributed by atoms with Gasteiger partial charge >= 0.3 is 6.09 Å². The van der Waals surface area contributed by atoms with Gasteiger partial charge in [-0.3, -0.25) is 4.90 Å². The number of anilines is 1. The van der Waals surface area contributed by atoms with Crippen LogP contribution < -0.4 is 4.90 Å². The van der Waals surface area contributed by atoms with Crippen LogP contribution >= 0.6 is 0 Å². The van der Waals surface area contributed by atoms with E-state index >= 15 is 0 Å². The molecule has 0 saturated carbocycles. The van der Waals surface area contributed by atoms with Gasteiger partial charge in [-0.15, -0.1) is 0 Å². The lowest BCUT2D eigenvalue weighted by Gasteiger charge is -2.14. The van der Waals surface area contributed by atoms with Crippen LogP contribution in [0.4, 0.5) is 14.9 Å². The Kier molecular flexibility index (Phi) is 4.30. The highest BCUT2D eigenvalue weighted by atomic mass is 19.1. The molecule has 120 valence electrons. The summed E-state index contributed by atoms with van der Waals surface area (Å²) >= 11 is 0. The number of carbonyl (C=O) groups excluding carboxylic acids is 1. The Morgan fingerprint density at radius 1 is 1.26 bits per heavy atom. The zero-order valence-electron chi connectivity index (χ0n) is 12.8. The first-order valence-electron chi connectivity index (χ1n) is 7.60. The summed E-state index contributed by atoms with van der Waals surface area (Å²) in [5.74, 6) is -0.396. The van der Waals surface area contributed by atoms with E-state index in [-0.39, 0.29) is 12.7 Å². The number of amides is 1. The Bertz CT molecular complexity index is 715. The normalized spacial score (nSPS) is 17.4. The first kappa shape index (κ1) is 15.5. The third-order valence-corrected chi connectivity index (χ3v) is 4.04. The number of nitrogens with zero attached hydrogens (tertiary/aromatic N) is 1. The van der Waals surface area contributed by atoms with E-state index < -0.39 is 11.9 Å². The van der Waals surface area contributed by atoms with E-state index in [9.17, 15) is 9.18 Å². The fourth-order valence-corrected chi connectivity index (χ4v) is 2.64. The molecule has 1 aliphatic heterocycles. The fourth-order valence-electron chi connectivity index (χ4n) is 2.64. The van der Waals surface area contributed by atoms with Gasteiger partial charge in [-0.05, 0) is 35.7 Å². The van der Waals surface area contributed by atoms with Crippen LogP contribution in [0.15, 0.2) is 42.5 Å². The fraction of sp³-hybridized carbons (Fsp3) is 0.278. The number of ether oxygens (including phenoxy) is 1. The number of halogens is 1. The van der Waals surface area contributed by atoms with Crippen molar-refractivity contribution < 1.29 is 19.0 Å². The summed E-state index contributed by atoms with van der Waals surface area (Å²) in [6.07, 6.45) is 0.160. The van der Waals surface area contributed by atoms with Crippen LogP contribution in [-0.2, 0) is 11.3 Å². The number of benzene rings is 2. The Balaban J connectivity index is 1.87. The van der Waals surface area contributed by atoms with Gasteiger partial charge in [0.2, 0.25) is 0 Å². The zero-order chi connectivity index (χ0) is 16.4. The molecule has 0 spiro atoms. The summed E-state index contributed by atoms with van der Waals surface area (Å²) in [7, 11) is 0. The molecule has 2 aromatic rings. The van der Waals surface area contributed by atoms with E-state index in [1.807, 2.05) is 6.92 Å². The molecule has 2 aromatic carbocycles. The molecule has 0 radical (unpaired) electrons. The standard InChI is InChI=1S/C18H18FNO3/c1-2-15-10-20(18(22)23-15)14-7-8-16(17(19)9-14)13-5-3-12(11-21)4-6-13/h3-9,15,21H,2,10-11H2,1H3. The SMILES string of the molecule is CCC1CN(c2ccc(-c3ccc(CO)cc3)c(F)c2)C(=O)O1. The number of aliphatic hydroxyl groups excluding tert-OH is 1. The van der Waals surface area contributed by atoms with E-state index in [0.29, 0.717) is 17.8 Å². The smallest absolute Gasteiger partial charge is 0.414 e. The highest BCUT2D eigenvalue weighted by Crippen LogP contribution is 2.29. The van der Waals surface area contributed by atoms with Crippen LogP contribution in [0.2, 0.25) is 0 Å². The van der Waals surface area contributed by atoms with Crippen molar-refractivity contribution >= 4 is 11.8 Å². The molecule has 1 fully saturated rings. The summed E-state index contributed by atoms with van der Waals surface area (Å²) < 4.78 is 19.6. The lowest BCUT2D eigenvalue weighted by atomic mass is 10.0. The van der Waals surface area contributed by atoms with Crippen molar-refractivity contribution in [1.82, 2.24) is 0 Å². The number of aliphatic hydroxyl groups is 1. The third-order valence-electron chi connectivity index (χ3n) is 4.04. The van der Waals surface area contributed by atoms with E-state index in [0.717, 1.165) is 17.5 Å². The molecule has 1 heterocycles. The van der Waals surface area contributed by atoms with Crippen LogP contribution in [0.3, 0.4) is 0 Å². The summed E-state index contributed by atoms with van der Waals surface area (Å²) in [5.41, 5.74) is 2.45. The van der Waals surface area contributed by atoms with Gasteiger partial charge in [-0.25, -0.2) is 9.18 Å². The average molecular weight is 315 g/mol. The second-order valence-corrected chi connectivity index (χ2v) is 5.54. The molecule has 3 rings (SSSR count). The van der Waals surface area contributed by atoms with E-state index in [1.54, 1.807) is 36.4 Å². The molecule has 5 heteroatoms. The number of carbonyl (C=O) groups is 1. The molecular formula is C18H18FNO3. The number of cyclic esters (lactones) is 1. The molecule has 1 N–H and O–H groups in total. The number of hydrogen-bond donors (Lipinski definition) is 1. The molecule has 4 nitrogen and oxygen atoms in total.